The fraction of sp³-hybridized carbons (Fsp3) is 0.333. The average molecular weight is 520 g/mol. The largest absolute Gasteiger partial charge is 0.507 e. The maximum atomic E-state index is 13.2. The highest BCUT2D eigenvalue weighted by Gasteiger charge is 2.54. The van der Waals surface area contributed by atoms with Crippen LogP contribution < -0.4 is 5.32 Å². The highest BCUT2D eigenvalue weighted by atomic mass is 16.3. The molecule has 198 valence electrons. The first-order chi connectivity index (χ1) is 18.9. The summed E-state index contributed by atoms with van der Waals surface area (Å²) in [5.74, 6) is 0.00953. The van der Waals surface area contributed by atoms with E-state index < -0.39 is 6.10 Å². The Hall–Kier alpha value is -3.92. The van der Waals surface area contributed by atoms with E-state index in [0.29, 0.717) is 36.6 Å². The summed E-state index contributed by atoms with van der Waals surface area (Å²) in [4.78, 5) is 15.6. The number of nitrogens with zero attached hydrogens (tertiary/aromatic N) is 2. The third-order valence-corrected chi connectivity index (χ3v) is 9.08. The lowest BCUT2D eigenvalue weighted by Crippen LogP contribution is -2.60. The van der Waals surface area contributed by atoms with E-state index in [-0.39, 0.29) is 23.0 Å². The average Bonchev–Trinajstić information content (AvgIpc) is 2.95. The van der Waals surface area contributed by atoms with E-state index in [2.05, 4.69) is 29.4 Å². The molecule has 0 aromatic heterocycles. The van der Waals surface area contributed by atoms with Crippen LogP contribution in [0.1, 0.15) is 45.5 Å². The second-order valence-electron chi connectivity index (χ2n) is 11.2. The monoisotopic (exact) mass is 519 g/mol. The molecule has 0 radical (unpaired) electrons. The fourth-order valence-corrected chi connectivity index (χ4v) is 7.05. The summed E-state index contributed by atoms with van der Waals surface area (Å²) >= 11 is 0. The molecule has 3 aromatic carbocycles. The van der Waals surface area contributed by atoms with Crippen LogP contribution in [0.15, 0.2) is 72.8 Å². The minimum absolute atomic E-state index is 0.0762. The Morgan fingerprint density at radius 2 is 1.79 bits per heavy atom. The number of carbonyl (C=O) groups is 1. The topological polar surface area (TPSA) is 96.6 Å². The zero-order valence-electron chi connectivity index (χ0n) is 22.1. The first-order valence-electron chi connectivity index (χ1n) is 13.7. The maximum absolute atomic E-state index is 13.2. The number of carbonyl (C=O) groups excluding carboxylic acids is 1. The Kier molecular flexibility index (Phi) is 6.50. The van der Waals surface area contributed by atoms with Gasteiger partial charge in [-0.15, -0.1) is 0 Å². The first kappa shape index (κ1) is 25.4. The van der Waals surface area contributed by atoms with Gasteiger partial charge in [0.05, 0.1) is 23.3 Å². The molecule has 3 aromatic rings. The molecule has 1 aliphatic heterocycles. The van der Waals surface area contributed by atoms with Gasteiger partial charge in [0.1, 0.15) is 5.75 Å². The van der Waals surface area contributed by atoms with Crippen molar-refractivity contribution < 1.29 is 15.0 Å². The first-order valence-corrected chi connectivity index (χ1v) is 13.7. The number of phenols is 1. The van der Waals surface area contributed by atoms with Gasteiger partial charge in [-0.2, -0.15) is 5.26 Å². The second kappa shape index (κ2) is 10.00. The molecule has 1 saturated heterocycles. The van der Waals surface area contributed by atoms with Gasteiger partial charge in [0, 0.05) is 29.5 Å². The minimum Gasteiger partial charge on any atom is -0.507 e. The van der Waals surface area contributed by atoms with Crippen LogP contribution in [0.3, 0.4) is 0 Å². The van der Waals surface area contributed by atoms with Gasteiger partial charge in [-0.3, -0.25) is 4.79 Å². The molecule has 2 aliphatic carbocycles. The lowest BCUT2D eigenvalue weighted by molar-refractivity contribution is 0.0195. The van der Waals surface area contributed by atoms with E-state index in [1.54, 1.807) is 6.07 Å². The van der Waals surface area contributed by atoms with Crippen LogP contribution in [0.5, 0.6) is 5.75 Å². The van der Waals surface area contributed by atoms with Crippen LogP contribution >= 0.6 is 0 Å². The molecule has 6 nitrogen and oxygen atoms in total. The van der Waals surface area contributed by atoms with Gasteiger partial charge in [-0.25, -0.2) is 0 Å². The normalized spacial score (nSPS) is 25.3. The van der Waals surface area contributed by atoms with Crippen molar-refractivity contribution in [1.29, 1.82) is 5.26 Å². The molecule has 0 spiro atoms. The number of nitriles is 1. The molecule has 6 heteroatoms. The van der Waals surface area contributed by atoms with Gasteiger partial charge in [-0.1, -0.05) is 54.6 Å². The van der Waals surface area contributed by atoms with E-state index in [1.807, 2.05) is 60.7 Å². The van der Waals surface area contributed by atoms with Crippen molar-refractivity contribution in [1.82, 2.24) is 10.2 Å². The van der Waals surface area contributed by atoms with Crippen molar-refractivity contribution in [2.45, 2.75) is 43.2 Å². The number of fused-ring (bicyclic) bond motifs is 1. The molecule has 2 unspecified atom stereocenters. The number of aliphatic hydroxyl groups excluding tert-OH is 1. The van der Waals surface area contributed by atoms with E-state index >= 15 is 0 Å². The van der Waals surface area contributed by atoms with Gasteiger partial charge in [0.15, 0.2) is 0 Å². The SMILES string of the molecule is CN1CCC23C[C@@H](O)C=C[C@H]2C1Cc1ccc(C(=O)NCCc2ccc(-c4ccc(C#N)cc4)cc2)c(O)c13. The quantitative estimate of drug-likeness (QED) is 0.436. The number of aromatic hydroxyl groups is 1. The summed E-state index contributed by atoms with van der Waals surface area (Å²) in [6, 6.07) is 21.9. The van der Waals surface area contributed by atoms with Gasteiger partial charge in [0.2, 0.25) is 0 Å². The highest BCUT2D eigenvalue weighted by molar-refractivity contribution is 5.97. The second-order valence-corrected chi connectivity index (χ2v) is 11.2. The number of amides is 1. The van der Waals surface area contributed by atoms with E-state index in [0.717, 1.165) is 47.2 Å². The molecule has 4 atom stereocenters. The molecule has 39 heavy (non-hydrogen) atoms. The van der Waals surface area contributed by atoms with E-state index in [1.165, 1.54) is 0 Å². The predicted octanol–water partition coefficient (Wildman–Crippen LogP) is 4.34. The number of rotatable bonds is 5. The third-order valence-electron chi connectivity index (χ3n) is 9.08. The van der Waals surface area contributed by atoms with Gasteiger partial charge in [0.25, 0.3) is 5.91 Å². The van der Waals surface area contributed by atoms with Crippen LogP contribution in [0.25, 0.3) is 11.1 Å². The zero-order chi connectivity index (χ0) is 27.1. The Balaban J connectivity index is 1.17. The van der Waals surface area contributed by atoms with Crippen molar-refractivity contribution in [3.05, 3.63) is 101 Å². The molecule has 6 rings (SSSR count). The number of likely N-dealkylation sites (tertiary alicyclic amines) is 1. The van der Waals surface area contributed by atoms with Crippen LogP contribution in [0.2, 0.25) is 0 Å². The fourth-order valence-electron chi connectivity index (χ4n) is 7.05. The molecular formula is C33H33N3O3. The van der Waals surface area contributed by atoms with Crippen LogP contribution in [0, 0.1) is 17.2 Å². The van der Waals surface area contributed by atoms with Crippen LogP contribution in [-0.4, -0.2) is 53.3 Å². The summed E-state index contributed by atoms with van der Waals surface area (Å²) in [6.07, 6.45) is 6.39. The number of aliphatic hydroxyl groups is 1. The van der Waals surface area contributed by atoms with Crippen molar-refractivity contribution in [2.75, 3.05) is 20.1 Å². The summed E-state index contributed by atoms with van der Waals surface area (Å²) in [5, 5.41) is 34.0. The van der Waals surface area contributed by atoms with Crippen molar-refractivity contribution in [2.24, 2.45) is 5.92 Å². The van der Waals surface area contributed by atoms with Crippen molar-refractivity contribution in [3.8, 4) is 22.9 Å². The van der Waals surface area contributed by atoms with Crippen LogP contribution in [0.4, 0.5) is 0 Å². The summed E-state index contributed by atoms with van der Waals surface area (Å²) in [5.41, 5.74) is 5.77. The molecule has 3 aliphatic rings. The summed E-state index contributed by atoms with van der Waals surface area (Å²) in [7, 11) is 2.15. The molecule has 1 amide bonds. The Morgan fingerprint density at radius 1 is 1.08 bits per heavy atom. The molecule has 0 saturated carbocycles. The number of hydrogen-bond donors (Lipinski definition) is 3. The summed E-state index contributed by atoms with van der Waals surface area (Å²) in [6.45, 7) is 1.36. The number of benzene rings is 3. The third kappa shape index (κ3) is 4.42. The maximum Gasteiger partial charge on any atom is 0.255 e. The van der Waals surface area contributed by atoms with Gasteiger partial charge in [-0.05, 0) is 79.7 Å². The number of hydrogen-bond acceptors (Lipinski definition) is 5. The molecule has 3 N–H and O–H groups in total. The minimum atomic E-state index is -0.545. The molecule has 1 heterocycles. The Bertz CT molecular complexity index is 1470. The van der Waals surface area contributed by atoms with Gasteiger partial charge < -0.3 is 20.4 Å². The Labute approximate surface area is 229 Å². The van der Waals surface area contributed by atoms with Crippen molar-refractivity contribution in [3.63, 3.8) is 0 Å². The molecule has 2 bridgehead atoms. The summed E-state index contributed by atoms with van der Waals surface area (Å²) < 4.78 is 0. The standard InChI is InChI=1S/C33H33N3O3/c1-36-17-15-33-19-26(37)11-13-28(33)29(36)18-25-10-12-27(31(38)30(25)33)32(39)35-16-14-21-2-6-23(7-3-21)24-8-4-22(20-34)5-9-24/h2-13,26,28-29,37-38H,14-19H2,1H3,(H,35,39)/t26-,28-,29?,33?/m0/s1. The number of phenolic OH excluding ortho intramolecular Hbond substituents is 1. The number of nitrogens with one attached hydrogen (secondary N) is 1. The van der Waals surface area contributed by atoms with E-state index in [4.69, 9.17) is 5.26 Å². The lowest BCUT2D eigenvalue weighted by Gasteiger charge is -2.57. The lowest BCUT2D eigenvalue weighted by atomic mass is 9.53. The molecule has 1 fully saturated rings. The number of likely N-dealkylation sites (N-methyl/N-ethyl adjacent to an activating group) is 1. The Morgan fingerprint density at radius 3 is 2.51 bits per heavy atom. The van der Waals surface area contributed by atoms with Gasteiger partial charge >= 0.3 is 0 Å². The number of piperidine rings is 1. The van der Waals surface area contributed by atoms with Crippen molar-refractivity contribution >= 4 is 5.91 Å². The molecular weight excluding hydrogens is 486 g/mol. The van der Waals surface area contributed by atoms with Crippen LogP contribution in [-0.2, 0) is 18.3 Å². The zero-order valence-corrected chi connectivity index (χ0v) is 22.1. The smallest absolute Gasteiger partial charge is 0.255 e. The highest BCUT2D eigenvalue weighted by Crippen LogP contribution is 2.56. The van der Waals surface area contributed by atoms with E-state index in [9.17, 15) is 15.0 Å². The predicted molar refractivity (Wildman–Crippen MR) is 150 cm³/mol.